The maximum Gasteiger partial charge on any atom is 0.300 e. The number of nitro groups is 2. The summed E-state index contributed by atoms with van der Waals surface area (Å²) in [5.41, 5.74) is 0.615. The molecule has 22 heavy (non-hydrogen) atoms. The molecule has 0 spiro atoms. The van der Waals surface area contributed by atoms with Gasteiger partial charge < -0.3 is 4.90 Å². The lowest BCUT2D eigenvalue weighted by atomic mass is 10.1. The molecule has 1 heterocycles. The van der Waals surface area contributed by atoms with Crippen molar-refractivity contribution in [3.63, 3.8) is 0 Å². The Kier molecular flexibility index (Phi) is 4.51. The highest BCUT2D eigenvalue weighted by Crippen LogP contribution is 2.39. The first-order valence-electron chi connectivity index (χ1n) is 6.68. The number of nitrogens with two attached hydrogens (primary N) is 1. The Labute approximate surface area is 125 Å². The Bertz CT molecular complexity index is 591. The number of hydrazine groups is 1. The molecule has 0 aliphatic carbocycles. The number of rotatable bonds is 4. The van der Waals surface area contributed by atoms with E-state index in [1.165, 1.54) is 0 Å². The molecule has 0 bridgehead atoms. The third kappa shape index (κ3) is 2.96. The highest BCUT2D eigenvalue weighted by Gasteiger charge is 2.32. The van der Waals surface area contributed by atoms with Crippen LogP contribution < -0.4 is 16.2 Å². The smallest absolute Gasteiger partial charge is 0.300 e. The van der Waals surface area contributed by atoms with Crippen LogP contribution in [0, 0.1) is 20.2 Å². The van der Waals surface area contributed by atoms with Gasteiger partial charge in [-0.05, 0) is 19.3 Å². The molecule has 1 aliphatic rings. The van der Waals surface area contributed by atoms with Gasteiger partial charge in [-0.2, -0.15) is 0 Å². The van der Waals surface area contributed by atoms with E-state index in [0.717, 1.165) is 31.4 Å². The number of carbonyl (C=O) groups excluding carboxylic acids is 1. The summed E-state index contributed by atoms with van der Waals surface area (Å²) in [6.07, 6.45) is 2.59. The number of hydrogen-bond acceptors (Lipinski definition) is 7. The molecule has 1 aromatic carbocycles. The maximum atomic E-state index is 11.6. The first-order chi connectivity index (χ1) is 10.5. The van der Waals surface area contributed by atoms with E-state index in [0.29, 0.717) is 13.1 Å². The molecule has 1 amide bonds. The van der Waals surface area contributed by atoms with E-state index in [2.05, 4.69) is 0 Å². The fraction of sp³-hybridized carbons (Fsp3) is 0.417. The Morgan fingerprint density at radius 2 is 1.59 bits per heavy atom. The lowest BCUT2D eigenvalue weighted by molar-refractivity contribution is -0.392. The van der Waals surface area contributed by atoms with E-state index >= 15 is 0 Å². The number of piperidine rings is 1. The molecule has 3 N–H and O–H groups in total. The van der Waals surface area contributed by atoms with E-state index in [-0.39, 0.29) is 11.3 Å². The van der Waals surface area contributed by atoms with Crippen molar-refractivity contribution in [3.8, 4) is 0 Å². The molecule has 0 radical (unpaired) electrons. The van der Waals surface area contributed by atoms with Crippen LogP contribution in [0.15, 0.2) is 12.1 Å². The Morgan fingerprint density at radius 3 is 2.00 bits per heavy atom. The summed E-state index contributed by atoms with van der Waals surface area (Å²) in [4.78, 5) is 34.3. The molecule has 10 heteroatoms. The predicted octanol–water partition coefficient (Wildman–Crippen LogP) is 1.10. The summed E-state index contributed by atoms with van der Waals surface area (Å²) >= 11 is 0. The summed E-state index contributed by atoms with van der Waals surface area (Å²) in [5, 5.41) is 22.6. The molecule has 118 valence electrons. The fourth-order valence-corrected chi connectivity index (χ4v) is 2.54. The lowest BCUT2D eigenvalue weighted by Crippen LogP contribution is -2.32. The first-order valence-corrected chi connectivity index (χ1v) is 6.68. The summed E-state index contributed by atoms with van der Waals surface area (Å²) in [6, 6.07) is 2.03. The highest BCUT2D eigenvalue weighted by molar-refractivity contribution is 5.97. The minimum atomic E-state index is -0.823. The predicted molar refractivity (Wildman–Crippen MR) is 77.5 cm³/mol. The molecular formula is C12H15N5O5. The van der Waals surface area contributed by atoms with Gasteiger partial charge in [-0.15, -0.1) is 0 Å². The summed E-state index contributed by atoms with van der Waals surface area (Å²) in [7, 11) is 0. The second-order valence-electron chi connectivity index (χ2n) is 4.90. The van der Waals surface area contributed by atoms with Gasteiger partial charge in [0.15, 0.2) is 5.69 Å². The third-order valence-corrected chi connectivity index (χ3v) is 3.53. The number of anilines is 1. The van der Waals surface area contributed by atoms with E-state index < -0.39 is 27.1 Å². The molecule has 1 aliphatic heterocycles. The normalized spacial score (nSPS) is 14.5. The Morgan fingerprint density at radius 1 is 1.09 bits per heavy atom. The SMILES string of the molecule is NNC(=O)c1cc([N+](=O)[O-])c(N2CCCCC2)c([N+](=O)[O-])c1. The monoisotopic (exact) mass is 309 g/mol. The van der Waals surface area contributed by atoms with Gasteiger partial charge in [0.25, 0.3) is 17.3 Å². The molecule has 0 saturated carbocycles. The average molecular weight is 309 g/mol. The minimum Gasteiger partial charge on any atom is -0.360 e. The number of amides is 1. The number of nitrogen functional groups attached to an aromatic ring is 1. The van der Waals surface area contributed by atoms with Crippen molar-refractivity contribution in [1.82, 2.24) is 5.43 Å². The van der Waals surface area contributed by atoms with Crippen molar-refractivity contribution < 1.29 is 14.6 Å². The molecule has 0 unspecified atom stereocenters. The standard InChI is InChI=1S/C12H15N5O5/c13-14-12(18)8-6-9(16(19)20)11(10(7-8)17(21)22)15-4-2-1-3-5-15/h6-7H,1-5,13H2,(H,14,18). The first kappa shape index (κ1) is 15.6. The zero-order valence-corrected chi connectivity index (χ0v) is 11.7. The second kappa shape index (κ2) is 6.35. The van der Waals surface area contributed by atoms with Gasteiger partial charge in [-0.3, -0.25) is 30.4 Å². The topological polar surface area (TPSA) is 145 Å². The fourth-order valence-electron chi connectivity index (χ4n) is 2.54. The van der Waals surface area contributed by atoms with Crippen LogP contribution in [-0.4, -0.2) is 28.8 Å². The zero-order chi connectivity index (χ0) is 16.3. The van der Waals surface area contributed by atoms with Crippen LogP contribution in [0.4, 0.5) is 17.1 Å². The minimum absolute atomic E-state index is 0.0525. The molecule has 1 saturated heterocycles. The highest BCUT2D eigenvalue weighted by atomic mass is 16.6. The van der Waals surface area contributed by atoms with Crippen LogP contribution in [0.5, 0.6) is 0 Å². The Balaban J connectivity index is 2.64. The molecule has 1 aromatic rings. The second-order valence-corrected chi connectivity index (χ2v) is 4.90. The van der Waals surface area contributed by atoms with Crippen LogP contribution in [0.1, 0.15) is 29.6 Å². The molecule has 0 aromatic heterocycles. The Hall–Kier alpha value is -2.75. The van der Waals surface area contributed by atoms with Crippen LogP contribution in [0.25, 0.3) is 0 Å². The van der Waals surface area contributed by atoms with Crippen molar-refractivity contribution in [2.75, 3.05) is 18.0 Å². The number of carbonyl (C=O) groups is 1. The lowest BCUT2D eigenvalue weighted by Gasteiger charge is -2.28. The van der Waals surface area contributed by atoms with Gasteiger partial charge in [-0.25, -0.2) is 5.84 Å². The quantitative estimate of drug-likeness (QED) is 0.366. The largest absolute Gasteiger partial charge is 0.360 e. The van der Waals surface area contributed by atoms with E-state index in [1.54, 1.807) is 4.90 Å². The van der Waals surface area contributed by atoms with Crippen molar-refractivity contribution in [3.05, 3.63) is 37.9 Å². The maximum absolute atomic E-state index is 11.6. The summed E-state index contributed by atoms with van der Waals surface area (Å²) in [5.74, 6) is 4.16. The zero-order valence-electron chi connectivity index (χ0n) is 11.7. The number of nitro benzene ring substituents is 2. The van der Waals surface area contributed by atoms with E-state index in [1.807, 2.05) is 5.43 Å². The van der Waals surface area contributed by atoms with Gasteiger partial charge in [0.2, 0.25) is 0 Å². The van der Waals surface area contributed by atoms with Gasteiger partial charge in [0, 0.05) is 25.2 Å². The third-order valence-electron chi connectivity index (χ3n) is 3.53. The molecule has 1 fully saturated rings. The van der Waals surface area contributed by atoms with E-state index in [4.69, 9.17) is 5.84 Å². The molecule has 10 nitrogen and oxygen atoms in total. The van der Waals surface area contributed by atoms with Crippen LogP contribution >= 0.6 is 0 Å². The number of nitrogens with one attached hydrogen (secondary N) is 1. The van der Waals surface area contributed by atoms with Crippen LogP contribution in [-0.2, 0) is 0 Å². The number of nitrogens with zero attached hydrogens (tertiary/aromatic N) is 3. The van der Waals surface area contributed by atoms with Gasteiger partial charge in [-0.1, -0.05) is 0 Å². The van der Waals surface area contributed by atoms with Crippen LogP contribution in [0.2, 0.25) is 0 Å². The van der Waals surface area contributed by atoms with Gasteiger partial charge >= 0.3 is 0 Å². The van der Waals surface area contributed by atoms with Crippen LogP contribution in [0.3, 0.4) is 0 Å². The molecule has 0 atom stereocenters. The molecular weight excluding hydrogens is 294 g/mol. The van der Waals surface area contributed by atoms with E-state index in [9.17, 15) is 25.0 Å². The molecule has 2 rings (SSSR count). The van der Waals surface area contributed by atoms with Crippen molar-refractivity contribution in [2.24, 2.45) is 5.84 Å². The number of benzene rings is 1. The van der Waals surface area contributed by atoms with Gasteiger partial charge in [0.05, 0.1) is 15.4 Å². The van der Waals surface area contributed by atoms with Crippen molar-refractivity contribution in [2.45, 2.75) is 19.3 Å². The van der Waals surface area contributed by atoms with Crippen molar-refractivity contribution >= 4 is 23.0 Å². The van der Waals surface area contributed by atoms with Gasteiger partial charge in [0.1, 0.15) is 0 Å². The summed E-state index contributed by atoms with van der Waals surface area (Å²) in [6.45, 7) is 1.01. The number of hydrogen-bond donors (Lipinski definition) is 2. The summed E-state index contributed by atoms with van der Waals surface area (Å²) < 4.78 is 0. The average Bonchev–Trinajstić information content (AvgIpc) is 2.53. The van der Waals surface area contributed by atoms with Crippen molar-refractivity contribution in [1.29, 1.82) is 0 Å².